The smallest absolute Gasteiger partial charge is 0.412 e. The van der Waals surface area contributed by atoms with Crippen LogP contribution in [0.5, 0.6) is 11.5 Å². The number of methoxy groups -OCH3 is 1. The van der Waals surface area contributed by atoms with E-state index in [1.807, 2.05) is 6.07 Å². The van der Waals surface area contributed by atoms with Crippen LogP contribution in [-0.4, -0.2) is 59.6 Å². The van der Waals surface area contributed by atoms with Gasteiger partial charge in [-0.1, -0.05) is 38.9 Å². The van der Waals surface area contributed by atoms with E-state index in [0.717, 1.165) is 35.6 Å². The van der Waals surface area contributed by atoms with Crippen LogP contribution in [0.3, 0.4) is 0 Å². The van der Waals surface area contributed by atoms with Crippen LogP contribution in [-0.2, 0) is 11.5 Å². The van der Waals surface area contributed by atoms with Crippen molar-refractivity contribution in [2.75, 3.05) is 20.3 Å². The van der Waals surface area contributed by atoms with E-state index >= 15 is 0 Å². The fourth-order valence-electron chi connectivity index (χ4n) is 4.48. The lowest BCUT2D eigenvalue weighted by Gasteiger charge is -2.21. The van der Waals surface area contributed by atoms with Gasteiger partial charge in [0.25, 0.3) is 0 Å². The van der Waals surface area contributed by atoms with Gasteiger partial charge in [-0.05, 0) is 59.5 Å². The van der Waals surface area contributed by atoms with Crippen molar-refractivity contribution in [3.63, 3.8) is 0 Å². The molecule has 0 spiro atoms. The summed E-state index contributed by atoms with van der Waals surface area (Å²) in [7, 11) is 0.421. The Kier molecular flexibility index (Phi) is 9.46. The van der Waals surface area contributed by atoms with E-state index in [2.05, 4.69) is 45.5 Å². The zero-order valence-corrected chi connectivity index (χ0v) is 23.8. The molecular formula is C27H38N6O4Si. The quantitative estimate of drug-likeness (QED) is 0.255. The largest absolute Gasteiger partial charge is 0.496 e. The van der Waals surface area contributed by atoms with Gasteiger partial charge < -0.3 is 19.5 Å². The van der Waals surface area contributed by atoms with E-state index < -0.39 is 14.2 Å². The first-order valence-electron chi connectivity index (χ1n) is 13.3. The lowest BCUT2D eigenvalue weighted by atomic mass is 9.89. The molecule has 1 aromatic carbocycles. The molecule has 1 fully saturated rings. The highest BCUT2D eigenvalue weighted by Gasteiger charge is 2.17. The number of nitrogens with zero attached hydrogens (tertiary/aromatic N) is 5. The summed E-state index contributed by atoms with van der Waals surface area (Å²) in [6.07, 6.45) is 9.04. The first-order chi connectivity index (χ1) is 18.3. The molecule has 0 bridgehead atoms. The maximum absolute atomic E-state index is 12.5. The summed E-state index contributed by atoms with van der Waals surface area (Å²) in [4.78, 5) is 16.9. The first kappa shape index (κ1) is 27.7. The Labute approximate surface area is 225 Å². The highest BCUT2D eigenvalue weighted by atomic mass is 28.3. The minimum atomic E-state index is -1.18. The maximum Gasteiger partial charge on any atom is 0.412 e. The number of rotatable bonds is 11. The Bertz CT molecular complexity index is 1210. The molecule has 38 heavy (non-hydrogen) atoms. The molecule has 11 heteroatoms. The standard InChI is InChI=1S/C27H38N6O4Si/c1-35-25-11-10-23(37-27(34)29-16-20-8-6-5-7-9-20)15-24(25)21-14-22(18-28-17-21)26-30-31-32-33(26)19-36-12-13-38(2,3)4/h10-11,14-15,17-18,20H,5-9,12-13,16,19H2,1-4H3,(H,29,34). The predicted octanol–water partition coefficient (Wildman–Crippen LogP) is 5.39. The van der Waals surface area contributed by atoms with Gasteiger partial charge in [-0.25, -0.2) is 4.79 Å². The van der Waals surface area contributed by atoms with E-state index in [0.29, 0.717) is 36.4 Å². The van der Waals surface area contributed by atoms with Gasteiger partial charge in [0.15, 0.2) is 5.82 Å². The zero-order valence-electron chi connectivity index (χ0n) is 22.8. The van der Waals surface area contributed by atoms with Crippen LogP contribution < -0.4 is 14.8 Å². The zero-order chi connectivity index (χ0) is 27.0. The van der Waals surface area contributed by atoms with E-state index in [9.17, 15) is 4.79 Å². The number of benzene rings is 1. The van der Waals surface area contributed by atoms with E-state index in [1.165, 1.54) is 19.3 Å². The lowest BCUT2D eigenvalue weighted by molar-refractivity contribution is 0.0784. The number of nitrogens with one attached hydrogen (secondary N) is 1. The molecule has 4 rings (SSSR count). The van der Waals surface area contributed by atoms with Crippen LogP contribution in [0.15, 0.2) is 36.7 Å². The van der Waals surface area contributed by atoms with Crippen molar-refractivity contribution in [3.8, 4) is 34.0 Å². The minimum Gasteiger partial charge on any atom is -0.496 e. The summed E-state index contributed by atoms with van der Waals surface area (Å²) in [5.74, 6) is 2.14. The second-order valence-electron chi connectivity index (χ2n) is 10.9. The maximum atomic E-state index is 12.5. The Hall–Kier alpha value is -3.31. The molecular weight excluding hydrogens is 500 g/mol. The number of hydrogen-bond acceptors (Lipinski definition) is 8. The molecule has 0 atom stereocenters. The van der Waals surface area contributed by atoms with Crippen LogP contribution in [0.2, 0.25) is 25.7 Å². The van der Waals surface area contributed by atoms with Gasteiger partial charge in [0.1, 0.15) is 18.2 Å². The second-order valence-corrected chi connectivity index (χ2v) is 16.6. The van der Waals surface area contributed by atoms with Crippen molar-refractivity contribution in [2.24, 2.45) is 5.92 Å². The van der Waals surface area contributed by atoms with Crippen LogP contribution >= 0.6 is 0 Å². The molecule has 1 saturated carbocycles. The molecule has 3 aromatic rings. The van der Waals surface area contributed by atoms with Crippen LogP contribution in [0.4, 0.5) is 4.79 Å². The summed E-state index contributed by atoms with van der Waals surface area (Å²) < 4.78 is 18.6. The Morgan fingerprint density at radius 3 is 2.66 bits per heavy atom. The molecule has 0 aliphatic heterocycles. The summed E-state index contributed by atoms with van der Waals surface area (Å²) in [6, 6.07) is 8.28. The van der Waals surface area contributed by atoms with Crippen LogP contribution in [0.1, 0.15) is 32.1 Å². The molecule has 1 aliphatic carbocycles. The number of carbonyl (C=O) groups excluding carboxylic acids is 1. The second kappa shape index (κ2) is 13.0. The topological polar surface area (TPSA) is 113 Å². The highest BCUT2D eigenvalue weighted by Crippen LogP contribution is 2.34. The van der Waals surface area contributed by atoms with E-state index in [1.54, 1.807) is 42.4 Å². The van der Waals surface area contributed by atoms with Gasteiger partial charge in [0.05, 0.1) is 7.11 Å². The third kappa shape index (κ3) is 7.84. The Morgan fingerprint density at radius 1 is 1.11 bits per heavy atom. The molecule has 1 amide bonds. The van der Waals surface area contributed by atoms with E-state index in [4.69, 9.17) is 14.2 Å². The Balaban J connectivity index is 1.46. The van der Waals surface area contributed by atoms with Crippen molar-refractivity contribution < 1.29 is 19.0 Å². The molecule has 2 aromatic heterocycles. The van der Waals surface area contributed by atoms with Crippen molar-refractivity contribution in [1.29, 1.82) is 0 Å². The molecule has 0 saturated heterocycles. The van der Waals surface area contributed by atoms with Gasteiger partial charge in [-0.15, -0.1) is 5.10 Å². The average molecular weight is 539 g/mol. The number of ether oxygens (including phenoxy) is 3. The normalized spacial score (nSPS) is 14.3. The molecule has 2 heterocycles. The Morgan fingerprint density at radius 2 is 1.89 bits per heavy atom. The minimum absolute atomic E-state index is 0.264. The van der Waals surface area contributed by atoms with Gasteiger partial charge in [0, 0.05) is 50.3 Å². The number of pyridine rings is 1. The van der Waals surface area contributed by atoms with Crippen molar-refractivity contribution in [1.82, 2.24) is 30.5 Å². The fraction of sp³-hybridized carbons (Fsp3) is 0.519. The summed E-state index contributed by atoms with van der Waals surface area (Å²) in [5, 5.41) is 15.0. The molecule has 10 nitrogen and oxygen atoms in total. The molecule has 1 aliphatic rings. The van der Waals surface area contributed by atoms with Crippen molar-refractivity contribution >= 4 is 14.2 Å². The SMILES string of the molecule is COc1ccc(OC(=O)NCC2CCCCC2)cc1-c1cncc(-c2nnnn2COCC[Si](C)(C)C)c1. The summed E-state index contributed by atoms with van der Waals surface area (Å²) >= 11 is 0. The van der Waals surface area contributed by atoms with Gasteiger partial charge in [-0.2, -0.15) is 4.68 Å². The van der Waals surface area contributed by atoms with E-state index in [-0.39, 0.29) is 6.73 Å². The molecule has 1 N–H and O–H groups in total. The van der Waals surface area contributed by atoms with Crippen molar-refractivity contribution in [2.45, 2.75) is 64.5 Å². The molecule has 0 radical (unpaired) electrons. The lowest BCUT2D eigenvalue weighted by Crippen LogP contribution is -2.32. The monoisotopic (exact) mass is 538 g/mol. The predicted molar refractivity (Wildman–Crippen MR) is 148 cm³/mol. The van der Waals surface area contributed by atoms with Gasteiger partial charge >= 0.3 is 6.09 Å². The van der Waals surface area contributed by atoms with Crippen LogP contribution in [0.25, 0.3) is 22.5 Å². The number of carbonyl (C=O) groups is 1. The number of tetrazole rings is 1. The summed E-state index contributed by atoms with van der Waals surface area (Å²) in [5.41, 5.74) is 2.26. The van der Waals surface area contributed by atoms with Crippen molar-refractivity contribution in [3.05, 3.63) is 36.7 Å². The highest BCUT2D eigenvalue weighted by molar-refractivity contribution is 6.76. The van der Waals surface area contributed by atoms with Gasteiger partial charge in [-0.3, -0.25) is 4.98 Å². The third-order valence-corrected chi connectivity index (χ3v) is 8.39. The third-order valence-electron chi connectivity index (χ3n) is 6.69. The molecule has 0 unspecified atom stereocenters. The average Bonchev–Trinajstić information content (AvgIpc) is 3.39. The fourth-order valence-corrected chi connectivity index (χ4v) is 5.23. The number of amides is 1. The summed E-state index contributed by atoms with van der Waals surface area (Å²) in [6.45, 7) is 8.52. The van der Waals surface area contributed by atoms with Gasteiger partial charge in [0.2, 0.25) is 0 Å². The molecule has 204 valence electrons. The number of hydrogen-bond donors (Lipinski definition) is 1. The van der Waals surface area contributed by atoms with Crippen LogP contribution in [0, 0.1) is 5.92 Å². The first-order valence-corrected chi connectivity index (χ1v) is 17.0. The number of aromatic nitrogens is 5.